The minimum absolute atomic E-state index is 0.00473. The number of oxazole rings is 2. The van der Waals surface area contributed by atoms with Crippen LogP contribution in [-0.2, 0) is 64.0 Å². The third kappa shape index (κ3) is 25.5. The lowest BCUT2D eigenvalue weighted by Gasteiger charge is -2.29. The highest BCUT2D eigenvalue weighted by Crippen LogP contribution is 2.40. The van der Waals surface area contributed by atoms with Crippen LogP contribution in [0.2, 0.25) is 0 Å². The second-order valence-electron chi connectivity index (χ2n) is 37.4. The number of amides is 4. The number of aliphatic hydroxyl groups is 4. The fraction of sp³-hybridized carbons (Fsp3) is 0.462. The van der Waals surface area contributed by atoms with Gasteiger partial charge in [-0.25, -0.2) is 39.9 Å². The fourth-order valence-electron chi connectivity index (χ4n) is 18.4. The van der Waals surface area contributed by atoms with Gasteiger partial charge in [-0.05, 0) is 142 Å². The number of hydrogen-bond acceptors (Lipinski definition) is 28. The third-order valence-corrected chi connectivity index (χ3v) is 31.6. The van der Waals surface area contributed by atoms with Crippen molar-refractivity contribution in [3.63, 3.8) is 0 Å². The van der Waals surface area contributed by atoms with E-state index in [1.165, 1.54) is 40.1 Å². The average molecular weight is 1960 g/mol. The Hall–Kier alpha value is -10.5. The molecule has 12 heterocycles. The van der Waals surface area contributed by atoms with Crippen LogP contribution in [0.1, 0.15) is 219 Å². The summed E-state index contributed by atoms with van der Waals surface area (Å²) in [7, 11) is 0. The van der Waals surface area contributed by atoms with E-state index in [1.54, 1.807) is 73.2 Å². The average Bonchev–Trinajstić information content (AvgIpc) is 1.66. The van der Waals surface area contributed by atoms with Gasteiger partial charge in [-0.2, -0.15) is 0 Å². The molecule has 4 aliphatic rings. The Balaban J connectivity index is 0.000000153. The summed E-state index contributed by atoms with van der Waals surface area (Å²) in [5.74, 6) is -1.67. The highest BCUT2D eigenvalue weighted by molar-refractivity contribution is 7.14. The SMILES string of the molecule is Cc1cnc([C@H](C(=O)N2C[C@H](O)C[C@H]2C(=O)CCc2ccc(-c3scnc3C)cc2)C(C)C)s1.Cc1coc([C@H](C(=O)N2C[C@H](O)C[C@H]2C(=O)CCc2ccc(-c3scnc3C)cc2)C(C)C)n1.Cc1csc([C@H](C(=O)N2C[C@H](O)C[C@H]2C(=O)CCc2ccc(-c3scnc3C)cc2)C(C)C)n1.Cc1nc([C@H](C(=O)N2C[C@H](O)C[C@H]2C(=O)CCc2ccc(-c3scnc3C)cc2)C(C)C)co1. The molecule has 12 atom stereocenters. The van der Waals surface area contributed by atoms with E-state index >= 15 is 0 Å². The molecular formula is C104H124N12O14S6. The molecule has 0 radical (unpaired) electrons. The topological polar surface area (TPSA) is 360 Å². The summed E-state index contributed by atoms with van der Waals surface area (Å²) in [5.41, 5.74) is 22.4. The van der Waals surface area contributed by atoms with Crippen LogP contribution in [0.25, 0.3) is 41.8 Å². The Kier molecular flexibility index (Phi) is 35.4. The molecule has 16 rings (SSSR count). The first-order valence-electron chi connectivity index (χ1n) is 46.7. The molecule has 4 fully saturated rings. The Bertz CT molecular complexity index is 5340. The molecular weight excluding hydrogens is 1830 g/mol. The Morgan fingerprint density at radius 3 is 0.919 bits per heavy atom. The lowest BCUT2D eigenvalue weighted by atomic mass is 9.91. The number of hydrogen-bond donors (Lipinski definition) is 4. The van der Waals surface area contributed by atoms with Crippen molar-refractivity contribution in [2.75, 3.05) is 26.2 Å². The molecule has 4 amide bonds. The quantitative estimate of drug-likeness (QED) is 0.0304. The molecule has 0 unspecified atom stereocenters. The van der Waals surface area contributed by atoms with Crippen LogP contribution < -0.4 is 0 Å². The molecule has 12 aromatic rings. The first-order chi connectivity index (χ1) is 65.0. The number of thiazole rings is 6. The summed E-state index contributed by atoms with van der Waals surface area (Å²) in [6, 6.07) is 30.4. The Labute approximate surface area is 819 Å². The zero-order valence-corrected chi connectivity index (χ0v) is 85.0. The van der Waals surface area contributed by atoms with Gasteiger partial charge >= 0.3 is 0 Å². The Morgan fingerprint density at radius 1 is 0.360 bits per heavy atom. The van der Waals surface area contributed by atoms with Crippen molar-refractivity contribution in [2.45, 2.75) is 260 Å². The van der Waals surface area contributed by atoms with Crippen LogP contribution in [0.5, 0.6) is 0 Å². The number of benzene rings is 4. The van der Waals surface area contributed by atoms with Gasteiger partial charge in [0.2, 0.25) is 29.5 Å². The van der Waals surface area contributed by atoms with Crippen LogP contribution in [0.15, 0.2) is 152 Å². The number of carbonyl (C=O) groups is 8. The number of likely N-dealkylation sites (tertiary alicyclic amines) is 4. The minimum atomic E-state index is -0.709. The van der Waals surface area contributed by atoms with E-state index < -0.39 is 72.3 Å². The monoisotopic (exact) mass is 1960 g/mol. The molecule has 32 heteroatoms. The van der Waals surface area contributed by atoms with Gasteiger partial charge in [0.1, 0.15) is 28.5 Å². The number of carbonyl (C=O) groups excluding carboxylic acids is 8. The third-order valence-electron chi connectivity index (χ3n) is 25.6. The van der Waals surface area contributed by atoms with Crippen molar-refractivity contribution in [1.29, 1.82) is 0 Å². The standard InChI is InChI=1S/2C26H31N3O4S.2C26H31N3O3S2/c1-15(2)24(21-13-33-17(4)28-21)26(32)29-12-20(30)11-22(29)23(31)10-7-18-5-8-19(9-6-18)25-16(3)27-14-34-25;2*1-15(2)23(25-28-16(3)13-33-25)26(32)29-12-20(30)11-21(29)22(31)10-7-18-5-8-19(9-6-18)24-17(4)27-14-34-24;1-15(2)23(25-27-12-16(3)34-25)26(32)29-13-20(30)11-21(29)22(31)10-7-18-5-8-19(9-6-18)24-17(4)28-14-33-24/h5-6,8-9,13-15,20,22,24,30H,7,10-12H2,1-4H3;2*5-6,8-9,13-15,20-21,23,30H,7,10-12H2,1-4H3;5-6,8-9,12,14-15,20-21,23,30H,7,10-11,13H2,1-4H3/t20-,22+,24-;3*20-,21+,23-/m1111/s1. The molecule has 26 nitrogen and oxygen atoms in total. The molecule has 4 saturated heterocycles. The first-order valence-corrected chi connectivity index (χ1v) is 51.9. The normalized spacial score (nSPS) is 19.1. The van der Waals surface area contributed by atoms with Crippen molar-refractivity contribution in [3.05, 3.63) is 232 Å². The maximum absolute atomic E-state index is 13.5. The van der Waals surface area contributed by atoms with Gasteiger partial charge in [0.15, 0.2) is 29.0 Å². The molecule has 4 N–H and O–H groups in total. The summed E-state index contributed by atoms with van der Waals surface area (Å²) in [5, 5.41) is 44.8. The zero-order valence-electron chi connectivity index (χ0n) is 80.1. The zero-order chi connectivity index (χ0) is 97.6. The van der Waals surface area contributed by atoms with Gasteiger partial charge in [0.05, 0.1) is 142 Å². The van der Waals surface area contributed by atoms with Crippen LogP contribution in [0.4, 0.5) is 0 Å². The lowest BCUT2D eigenvalue weighted by molar-refractivity contribution is -0.140. The molecule has 4 aromatic carbocycles. The number of rotatable bonds is 32. The van der Waals surface area contributed by atoms with E-state index in [-0.39, 0.29) is 109 Å². The van der Waals surface area contributed by atoms with Crippen molar-refractivity contribution < 1.29 is 67.6 Å². The number of Topliss-reactive ketones (excluding diaryl/α,β-unsaturated/α-hetero) is 4. The second kappa shape index (κ2) is 46.8. The van der Waals surface area contributed by atoms with Gasteiger partial charge in [-0.3, -0.25) is 38.4 Å². The van der Waals surface area contributed by atoms with E-state index in [4.69, 9.17) is 8.83 Å². The van der Waals surface area contributed by atoms with Gasteiger partial charge < -0.3 is 48.9 Å². The molecule has 0 saturated carbocycles. The Morgan fingerprint density at radius 2 is 0.669 bits per heavy atom. The molecule has 4 aliphatic heterocycles. The summed E-state index contributed by atoms with van der Waals surface area (Å²) >= 11 is 9.47. The number of aryl methyl sites for hydroxylation is 12. The van der Waals surface area contributed by atoms with Crippen molar-refractivity contribution >= 4 is 115 Å². The van der Waals surface area contributed by atoms with Gasteiger partial charge in [0.25, 0.3) is 0 Å². The van der Waals surface area contributed by atoms with Gasteiger partial charge in [-0.15, -0.1) is 68.0 Å². The fourth-order valence-corrected chi connectivity index (χ4v) is 23.7. The van der Waals surface area contributed by atoms with E-state index in [2.05, 4.69) is 88.4 Å². The van der Waals surface area contributed by atoms with Crippen molar-refractivity contribution in [3.8, 4) is 41.8 Å². The van der Waals surface area contributed by atoms with Gasteiger partial charge in [0, 0.05) is 107 Å². The summed E-state index contributed by atoms with van der Waals surface area (Å²) in [6.45, 7) is 31.9. The first kappa shape index (κ1) is 103. The largest absolute Gasteiger partial charge is 0.449 e. The van der Waals surface area contributed by atoms with Crippen LogP contribution in [-0.4, -0.2) is 201 Å². The van der Waals surface area contributed by atoms with Crippen LogP contribution >= 0.6 is 68.0 Å². The molecule has 136 heavy (non-hydrogen) atoms. The molecule has 0 spiro atoms. The lowest BCUT2D eigenvalue weighted by Crippen LogP contribution is -2.44. The maximum Gasteiger partial charge on any atom is 0.236 e. The second-order valence-corrected chi connectivity index (χ2v) is 43.0. The van der Waals surface area contributed by atoms with Gasteiger partial charge in [-0.1, -0.05) is 152 Å². The van der Waals surface area contributed by atoms with E-state index in [0.717, 1.165) is 107 Å². The summed E-state index contributed by atoms with van der Waals surface area (Å²) < 4.78 is 10.9. The van der Waals surface area contributed by atoms with Crippen LogP contribution in [0.3, 0.4) is 0 Å². The summed E-state index contributed by atoms with van der Waals surface area (Å²) in [4.78, 5) is 154. The predicted molar refractivity (Wildman–Crippen MR) is 533 cm³/mol. The molecule has 720 valence electrons. The summed E-state index contributed by atoms with van der Waals surface area (Å²) in [6.07, 6.45) is 6.89. The molecule has 0 aliphatic carbocycles. The van der Waals surface area contributed by atoms with Crippen LogP contribution in [0, 0.1) is 79.1 Å². The van der Waals surface area contributed by atoms with E-state index in [1.807, 2.05) is 180 Å². The number of aliphatic hydroxyl groups excluding tert-OH is 4. The molecule has 0 bridgehead atoms. The highest BCUT2D eigenvalue weighted by Gasteiger charge is 2.48. The van der Waals surface area contributed by atoms with Crippen molar-refractivity contribution in [2.24, 2.45) is 23.7 Å². The molecule has 8 aromatic heterocycles. The number of ketones is 4. The predicted octanol–water partition coefficient (Wildman–Crippen LogP) is 18.2. The minimum Gasteiger partial charge on any atom is -0.449 e. The van der Waals surface area contributed by atoms with Crippen molar-refractivity contribution in [1.82, 2.24) is 59.5 Å². The number of β-amino-alcohol motifs (C(OH)–C–C–N with tert-alkyl or cyclic N) is 4. The maximum atomic E-state index is 13.5. The van der Waals surface area contributed by atoms with E-state index in [0.29, 0.717) is 87.4 Å². The van der Waals surface area contributed by atoms with E-state index in [9.17, 15) is 58.8 Å². The number of nitrogens with zero attached hydrogens (tertiary/aromatic N) is 12. The highest BCUT2D eigenvalue weighted by atomic mass is 32.1. The smallest absolute Gasteiger partial charge is 0.236 e. The number of aromatic nitrogens is 8.